The van der Waals surface area contributed by atoms with Crippen LogP contribution in [0.2, 0.25) is 0 Å². The summed E-state index contributed by atoms with van der Waals surface area (Å²) in [5, 5.41) is 2.19. The van der Waals surface area contributed by atoms with Gasteiger partial charge in [0, 0.05) is 32.8 Å². The molecule has 2 N–H and O–H groups in total. The van der Waals surface area contributed by atoms with Crippen molar-refractivity contribution in [3.8, 4) is 0 Å². The molecule has 6 nitrogen and oxygen atoms in total. The highest BCUT2D eigenvalue weighted by Gasteiger charge is 2.30. The third-order valence-corrected chi connectivity index (χ3v) is 3.49. The molecule has 0 aromatic rings. The van der Waals surface area contributed by atoms with E-state index in [4.69, 9.17) is 9.29 Å². The molecule has 0 spiro atoms. The second-order valence-electron chi connectivity index (χ2n) is 3.42. The summed E-state index contributed by atoms with van der Waals surface area (Å²) in [7, 11) is -4.06. The normalized spacial score (nSPS) is 21.5. The van der Waals surface area contributed by atoms with E-state index in [1.165, 1.54) is 0 Å². The number of rotatable bonds is 5. The van der Waals surface area contributed by atoms with Crippen LogP contribution in [0.25, 0.3) is 0 Å². The Hall–Kier alpha value is -0.210. The molecule has 1 fully saturated rings. The molecule has 0 saturated carbocycles. The van der Waals surface area contributed by atoms with Crippen LogP contribution in [0, 0.1) is 0 Å². The molecule has 0 aliphatic carbocycles. The highest BCUT2D eigenvalue weighted by Crippen LogP contribution is 2.08. The van der Waals surface area contributed by atoms with Crippen molar-refractivity contribution in [1.29, 1.82) is 0 Å². The van der Waals surface area contributed by atoms with Gasteiger partial charge in [0.15, 0.2) is 5.37 Å². The summed E-state index contributed by atoms with van der Waals surface area (Å²) >= 11 is 0. The average molecular weight is 238 g/mol. The minimum absolute atomic E-state index is 0.0231. The van der Waals surface area contributed by atoms with Crippen molar-refractivity contribution in [2.75, 3.05) is 39.4 Å². The van der Waals surface area contributed by atoms with Crippen molar-refractivity contribution in [2.45, 2.75) is 12.3 Å². The molecule has 1 heterocycles. The van der Waals surface area contributed by atoms with Gasteiger partial charge in [-0.1, -0.05) is 0 Å². The summed E-state index contributed by atoms with van der Waals surface area (Å²) in [5.41, 5.74) is 0. The molecule has 0 bridgehead atoms. The fourth-order valence-electron chi connectivity index (χ4n) is 1.57. The Morgan fingerprint density at radius 2 is 2.07 bits per heavy atom. The molecule has 15 heavy (non-hydrogen) atoms. The van der Waals surface area contributed by atoms with Gasteiger partial charge in [-0.2, -0.15) is 8.42 Å². The van der Waals surface area contributed by atoms with Gasteiger partial charge in [0.1, 0.15) is 0 Å². The van der Waals surface area contributed by atoms with E-state index in [1.807, 2.05) is 0 Å². The molecule has 1 atom stereocenters. The van der Waals surface area contributed by atoms with Crippen LogP contribution in [-0.2, 0) is 14.9 Å². The van der Waals surface area contributed by atoms with E-state index in [1.54, 1.807) is 11.8 Å². The molecule has 90 valence electrons. The first-order valence-electron chi connectivity index (χ1n) is 5.04. The van der Waals surface area contributed by atoms with Crippen molar-refractivity contribution in [1.82, 2.24) is 10.2 Å². The molecule has 0 aromatic carbocycles. The number of ether oxygens (including phenoxy) is 1. The SMILES string of the molecule is CCOCC(N1CCNCC1)S(=O)(=O)O. The standard InChI is InChI=1S/C8H18N2O4S/c1-2-14-7-8(15(11,12)13)10-5-3-9-4-6-10/h8-9H,2-7H2,1H3,(H,11,12,13). The number of piperazine rings is 1. The Morgan fingerprint density at radius 1 is 1.47 bits per heavy atom. The van der Waals surface area contributed by atoms with Crippen LogP contribution in [0.4, 0.5) is 0 Å². The smallest absolute Gasteiger partial charge is 0.283 e. The van der Waals surface area contributed by atoms with Gasteiger partial charge in [-0.25, -0.2) is 0 Å². The minimum atomic E-state index is -4.06. The van der Waals surface area contributed by atoms with Gasteiger partial charge in [0.05, 0.1) is 6.61 Å². The van der Waals surface area contributed by atoms with Crippen molar-refractivity contribution in [3.05, 3.63) is 0 Å². The monoisotopic (exact) mass is 238 g/mol. The third-order valence-electron chi connectivity index (χ3n) is 2.37. The van der Waals surface area contributed by atoms with Crippen LogP contribution in [0.1, 0.15) is 6.92 Å². The highest BCUT2D eigenvalue weighted by atomic mass is 32.2. The molecule has 0 radical (unpaired) electrons. The average Bonchev–Trinajstić information content (AvgIpc) is 2.18. The van der Waals surface area contributed by atoms with Crippen LogP contribution in [0.5, 0.6) is 0 Å². The van der Waals surface area contributed by atoms with Crippen molar-refractivity contribution >= 4 is 10.1 Å². The van der Waals surface area contributed by atoms with Crippen LogP contribution in [0.3, 0.4) is 0 Å². The predicted molar refractivity (Wildman–Crippen MR) is 56.3 cm³/mol. The van der Waals surface area contributed by atoms with Crippen molar-refractivity contribution in [2.24, 2.45) is 0 Å². The van der Waals surface area contributed by atoms with E-state index in [2.05, 4.69) is 5.32 Å². The van der Waals surface area contributed by atoms with Gasteiger partial charge < -0.3 is 10.1 Å². The molecule has 0 aromatic heterocycles. The zero-order valence-electron chi connectivity index (χ0n) is 8.85. The van der Waals surface area contributed by atoms with E-state index in [0.717, 1.165) is 13.1 Å². The first kappa shape index (κ1) is 12.9. The zero-order valence-corrected chi connectivity index (χ0v) is 9.66. The van der Waals surface area contributed by atoms with Gasteiger partial charge in [-0.3, -0.25) is 9.45 Å². The maximum absolute atomic E-state index is 11.2. The van der Waals surface area contributed by atoms with E-state index in [-0.39, 0.29) is 6.61 Å². The summed E-state index contributed by atoms with van der Waals surface area (Å²) in [6.45, 7) is 4.94. The molecular weight excluding hydrogens is 220 g/mol. The Morgan fingerprint density at radius 3 is 2.53 bits per heavy atom. The lowest BCUT2D eigenvalue weighted by atomic mass is 10.3. The summed E-state index contributed by atoms with van der Waals surface area (Å²) in [5.74, 6) is 0. The quantitative estimate of drug-likeness (QED) is 0.607. The maximum atomic E-state index is 11.2. The van der Waals surface area contributed by atoms with Gasteiger partial charge in [-0.15, -0.1) is 0 Å². The Bertz CT molecular complexity index is 274. The number of nitrogens with zero attached hydrogens (tertiary/aromatic N) is 1. The second kappa shape index (κ2) is 5.76. The van der Waals surface area contributed by atoms with E-state index >= 15 is 0 Å². The summed E-state index contributed by atoms with van der Waals surface area (Å²) in [6, 6.07) is 0. The zero-order chi connectivity index (χ0) is 11.3. The lowest BCUT2D eigenvalue weighted by Crippen LogP contribution is -2.52. The van der Waals surface area contributed by atoms with E-state index in [9.17, 15) is 8.42 Å². The van der Waals surface area contributed by atoms with Crippen molar-refractivity contribution < 1.29 is 17.7 Å². The fourth-order valence-corrected chi connectivity index (χ4v) is 2.42. The summed E-state index contributed by atoms with van der Waals surface area (Å²) in [6.07, 6.45) is 0. The topological polar surface area (TPSA) is 78.9 Å². The Labute approximate surface area is 90.3 Å². The molecule has 1 unspecified atom stereocenters. The fraction of sp³-hybridized carbons (Fsp3) is 1.00. The molecule has 1 rings (SSSR count). The third kappa shape index (κ3) is 4.04. The van der Waals surface area contributed by atoms with Gasteiger partial charge in [0.2, 0.25) is 0 Å². The van der Waals surface area contributed by atoms with Gasteiger partial charge in [-0.05, 0) is 6.92 Å². The number of hydrogen-bond acceptors (Lipinski definition) is 5. The first-order chi connectivity index (χ1) is 7.05. The maximum Gasteiger partial charge on any atom is 0.283 e. The van der Waals surface area contributed by atoms with Crippen LogP contribution in [-0.4, -0.2) is 62.6 Å². The molecule has 7 heteroatoms. The molecule has 1 aliphatic heterocycles. The predicted octanol–water partition coefficient (Wildman–Crippen LogP) is -0.858. The largest absolute Gasteiger partial charge is 0.379 e. The summed E-state index contributed by atoms with van der Waals surface area (Å²) in [4.78, 5) is 1.72. The second-order valence-corrected chi connectivity index (χ2v) is 4.99. The van der Waals surface area contributed by atoms with E-state index < -0.39 is 15.5 Å². The molecule has 1 saturated heterocycles. The van der Waals surface area contributed by atoms with Gasteiger partial charge in [0.25, 0.3) is 10.1 Å². The first-order valence-corrected chi connectivity index (χ1v) is 6.55. The molecular formula is C8H18N2O4S. The lowest BCUT2D eigenvalue weighted by molar-refractivity contribution is 0.0875. The van der Waals surface area contributed by atoms with Crippen LogP contribution < -0.4 is 5.32 Å². The summed E-state index contributed by atoms with van der Waals surface area (Å²) < 4.78 is 36.5. The van der Waals surface area contributed by atoms with Gasteiger partial charge >= 0.3 is 0 Å². The Balaban J connectivity index is 2.62. The van der Waals surface area contributed by atoms with Crippen LogP contribution >= 0.6 is 0 Å². The molecule has 1 aliphatic rings. The van der Waals surface area contributed by atoms with E-state index in [0.29, 0.717) is 19.7 Å². The number of hydrogen-bond donors (Lipinski definition) is 2. The molecule has 0 amide bonds. The van der Waals surface area contributed by atoms with Crippen LogP contribution in [0.15, 0.2) is 0 Å². The van der Waals surface area contributed by atoms with Crippen molar-refractivity contribution in [3.63, 3.8) is 0 Å². The Kier molecular flexibility index (Phi) is 4.94. The lowest BCUT2D eigenvalue weighted by Gasteiger charge is -2.32. The number of nitrogens with one attached hydrogen (secondary N) is 1. The highest BCUT2D eigenvalue weighted by molar-refractivity contribution is 7.86. The minimum Gasteiger partial charge on any atom is -0.379 e.